The molecule has 1 aromatic carbocycles. The van der Waals surface area contributed by atoms with Crippen LogP contribution in [0, 0.1) is 6.92 Å². The molecule has 0 aliphatic heterocycles. The van der Waals surface area contributed by atoms with Crippen LogP contribution in [-0.4, -0.2) is 22.0 Å². The van der Waals surface area contributed by atoms with Crippen LogP contribution in [0.25, 0.3) is 0 Å². The molecule has 118 valence electrons. The zero-order chi connectivity index (χ0) is 15.9. The molecule has 0 saturated carbocycles. The number of carbonyl (C=O) groups is 1. The third-order valence-corrected chi connectivity index (χ3v) is 3.69. The fourth-order valence-corrected chi connectivity index (χ4v) is 2.32. The molecule has 0 aliphatic rings. The number of benzene rings is 1. The summed E-state index contributed by atoms with van der Waals surface area (Å²) < 4.78 is 2.06. The molecule has 1 heterocycles. The Morgan fingerprint density at radius 2 is 2.05 bits per heavy atom. The number of imidazole rings is 1. The number of rotatable bonds is 7. The minimum atomic E-state index is -0.00404. The van der Waals surface area contributed by atoms with E-state index in [9.17, 15) is 4.79 Å². The summed E-state index contributed by atoms with van der Waals surface area (Å²) in [5.74, 6) is -0.00404. The maximum atomic E-state index is 12.0. The van der Waals surface area contributed by atoms with E-state index in [1.807, 2.05) is 25.3 Å². The standard InChI is InChI=1S/C17H24N4O/c1-4-21-12-19-10-16(21)9-18-11-17(22)20-14(3)15-7-5-13(2)6-8-15/h5-8,10,12,14,18H,4,9,11H2,1-3H3,(H,20,22)/t14-/m1/s1. The van der Waals surface area contributed by atoms with Crippen molar-refractivity contribution in [2.24, 2.45) is 0 Å². The Morgan fingerprint density at radius 3 is 2.73 bits per heavy atom. The smallest absolute Gasteiger partial charge is 0.234 e. The molecule has 22 heavy (non-hydrogen) atoms. The van der Waals surface area contributed by atoms with Crippen molar-refractivity contribution in [2.45, 2.75) is 39.9 Å². The lowest BCUT2D eigenvalue weighted by Crippen LogP contribution is -2.35. The first kappa shape index (κ1) is 16.2. The Hall–Kier alpha value is -2.14. The van der Waals surface area contributed by atoms with Crippen molar-refractivity contribution < 1.29 is 4.79 Å². The molecule has 2 rings (SSSR count). The summed E-state index contributed by atoms with van der Waals surface area (Å²) in [5.41, 5.74) is 3.42. The molecule has 0 bridgehead atoms. The Kier molecular flexibility index (Phi) is 5.72. The molecule has 1 aromatic heterocycles. The average molecular weight is 300 g/mol. The van der Waals surface area contributed by atoms with Crippen LogP contribution in [0.4, 0.5) is 0 Å². The van der Waals surface area contributed by atoms with Crippen LogP contribution in [0.1, 0.15) is 36.7 Å². The number of carbonyl (C=O) groups excluding carboxylic acids is 1. The monoisotopic (exact) mass is 300 g/mol. The van der Waals surface area contributed by atoms with E-state index in [0.29, 0.717) is 13.1 Å². The normalized spacial score (nSPS) is 12.1. The summed E-state index contributed by atoms with van der Waals surface area (Å²) in [6.07, 6.45) is 3.62. The molecule has 0 unspecified atom stereocenters. The SMILES string of the molecule is CCn1cncc1CNCC(=O)N[C@H](C)c1ccc(C)cc1. The maximum absolute atomic E-state index is 12.0. The van der Waals surface area contributed by atoms with Crippen molar-refractivity contribution in [1.29, 1.82) is 0 Å². The van der Waals surface area contributed by atoms with Gasteiger partial charge in [0.15, 0.2) is 0 Å². The van der Waals surface area contributed by atoms with Gasteiger partial charge in [0.2, 0.25) is 5.91 Å². The van der Waals surface area contributed by atoms with E-state index in [0.717, 1.165) is 17.8 Å². The number of aromatic nitrogens is 2. The zero-order valence-electron chi connectivity index (χ0n) is 13.5. The van der Waals surface area contributed by atoms with Crippen LogP contribution in [0.3, 0.4) is 0 Å². The summed E-state index contributed by atoms with van der Waals surface area (Å²) in [4.78, 5) is 16.1. The number of hydrogen-bond donors (Lipinski definition) is 2. The topological polar surface area (TPSA) is 59.0 Å². The molecule has 5 nitrogen and oxygen atoms in total. The first-order chi connectivity index (χ1) is 10.6. The van der Waals surface area contributed by atoms with E-state index < -0.39 is 0 Å². The van der Waals surface area contributed by atoms with Gasteiger partial charge in [0.1, 0.15) is 0 Å². The molecule has 1 atom stereocenters. The number of nitrogens with zero attached hydrogens (tertiary/aromatic N) is 2. The molecule has 5 heteroatoms. The van der Waals surface area contributed by atoms with Gasteiger partial charge in [-0.25, -0.2) is 4.98 Å². The van der Waals surface area contributed by atoms with Crippen LogP contribution in [-0.2, 0) is 17.9 Å². The minimum Gasteiger partial charge on any atom is -0.348 e. The highest BCUT2D eigenvalue weighted by atomic mass is 16.1. The minimum absolute atomic E-state index is 0.00404. The molecule has 0 radical (unpaired) electrons. The van der Waals surface area contributed by atoms with Crippen molar-refractivity contribution in [3.8, 4) is 0 Å². The van der Waals surface area contributed by atoms with Gasteiger partial charge in [-0.3, -0.25) is 4.79 Å². The fourth-order valence-electron chi connectivity index (χ4n) is 2.32. The van der Waals surface area contributed by atoms with Gasteiger partial charge in [-0.1, -0.05) is 29.8 Å². The van der Waals surface area contributed by atoms with Crippen molar-refractivity contribution in [2.75, 3.05) is 6.54 Å². The Balaban J connectivity index is 1.77. The Morgan fingerprint density at radius 1 is 1.32 bits per heavy atom. The summed E-state index contributed by atoms with van der Waals surface area (Å²) in [6.45, 7) is 7.94. The highest BCUT2D eigenvalue weighted by Crippen LogP contribution is 2.12. The summed E-state index contributed by atoms with van der Waals surface area (Å²) in [6, 6.07) is 8.22. The van der Waals surface area contributed by atoms with Crippen molar-refractivity contribution in [3.63, 3.8) is 0 Å². The summed E-state index contributed by atoms with van der Waals surface area (Å²) in [7, 11) is 0. The van der Waals surface area contributed by atoms with Gasteiger partial charge in [0.25, 0.3) is 0 Å². The second-order valence-electron chi connectivity index (χ2n) is 5.47. The molecule has 0 fully saturated rings. The van der Waals surface area contributed by atoms with E-state index in [1.165, 1.54) is 5.56 Å². The quantitative estimate of drug-likeness (QED) is 0.824. The van der Waals surface area contributed by atoms with Gasteiger partial charge in [0.05, 0.1) is 24.6 Å². The number of hydrogen-bond acceptors (Lipinski definition) is 3. The van der Waals surface area contributed by atoms with E-state index >= 15 is 0 Å². The van der Waals surface area contributed by atoms with Crippen molar-refractivity contribution in [1.82, 2.24) is 20.2 Å². The summed E-state index contributed by atoms with van der Waals surface area (Å²) >= 11 is 0. The van der Waals surface area contributed by atoms with Crippen LogP contribution >= 0.6 is 0 Å². The molecule has 0 aliphatic carbocycles. The Bertz CT molecular complexity index is 603. The highest BCUT2D eigenvalue weighted by Gasteiger charge is 2.09. The van der Waals surface area contributed by atoms with E-state index in [4.69, 9.17) is 0 Å². The average Bonchev–Trinajstić information content (AvgIpc) is 2.95. The van der Waals surface area contributed by atoms with Gasteiger partial charge in [-0.2, -0.15) is 0 Å². The summed E-state index contributed by atoms with van der Waals surface area (Å²) in [5, 5.41) is 6.16. The van der Waals surface area contributed by atoms with E-state index in [-0.39, 0.29) is 11.9 Å². The van der Waals surface area contributed by atoms with Gasteiger partial charge >= 0.3 is 0 Å². The number of aryl methyl sites for hydroxylation is 2. The Labute approximate surface area is 131 Å². The number of amides is 1. The predicted molar refractivity (Wildman–Crippen MR) is 87.3 cm³/mol. The second kappa shape index (κ2) is 7.75. The lowest BCUT2D eigenvalue weighted by atomic mass is 10.1. The maximum Gasteiger partial charge on any atom is 0.234 e. The van der Waals surface area contributed by atoms with Gasteiger partial charge in [-0.05, 0) is 26.3 Å². The van der Waals surface area contributed by atoms with Gasteiger partial charge in [0, 0.05) is 19.3 Å². The third-order valence-electron chi connectivity index (χ3n) is 3.69. The van der Waals surface area contributed by atoms with Crippen LogP contribution in [0.15, 0.2) is 36.8 Å². The fraction of sp³-hybridized carbons (Fsp3) is 0.412. The zero-order valence-corrected chi connectivity index (χ0v) is 13.5. The predicted octanol–water partition coefficient (Wildman–Crippen LogP) is 2.18. The van der Waals surface area contributed by atoms with E-state index in [1.54, 1.807) is 6.33 Å². The molecule has 2 N–H and O–H groups in total. The largest absolute Gasteiger partial charge is 0.348 e. The third kappa shape index (κ3) is 4.43. The highest BCUT2D eigenvalue weighted by molar-refractivity contribution is 5.78. The van der Waals surface area contributed by atoms with Gasteiger partial charge in [-0.15, -0.1) is 0 Å². The molecular weight excluding hydrogens is 276 g/mol. The van der Waals surface area contributed by atoms with Crippen molar-refractivity contribution in [3.05, 3.63) is 53.6 Å². The van der Waals surface area contributed by atoms with Crippen molar-refractivity contribution >= 4 is 5.91 Å². The lowest BCUT2D eigenvalue weighted by molar-refractivity contribution is -0.120. The van der Waals surface area contributed by atoms with Crippen LogP contribution in [0.5, 0.6) is 0 Å². The molecule has 2 aromatic rings. The van der Waals surface area contributed by atoms with Crippen LogP contribution in [0.2, 0.25) is 0 Å². The first-order valence-corrected chi connectivity index (χ1v) is 7.65. The lowest BCUT2D eigenvalue weighted by Gasteiger charge is -2.15. The van der Waals surface area contributed by atoms with E-state index in [2.05, 4.69) is 46.2 Å². The first-order valence-electron chi connectivity index (χ1n) is 7.65. The molecule has 0 saturated heterocycles. The number of nitrogens with one attached hydrogen (secondary N) is 2. The second-order valence-corrected chi connectivity index (χ2v) is 5.47. The van der Waals surface area contributed by atoms with Crippen LogP contribution < -0.4 is 10.6 Å². The molecular formula is C17H24N4O. The molecule has 0 spiro atoms. The van der Waals surface area contributed by atoms with Gasteiger partial charge < -0.3 is 15.2 Å². The molecule has 1 amide bonds.